The third-order valence-electron chi connectivity index (χ3n) is 2.77. The van der Waals surface area contributed by atoms with Crippen molar-refractivity contribution >= 4 is 21.6 Å². The third-order valence-corrected chi connectivity index (χ3v) is 3.17. The number of methoxy groups -OCH3 is 1. The van der Waals surface area contributed by atoms with Gasteiger partial charge < -0.3 is 15.2 Å². The number of aromatic nitrogens is 1. The summed E-state index contributed by atoms with van der Waals surface area (Å²) in [5.74, 6) is 0.809. The SMILES string of the molecule is COc1cc(NC(C)c2ccccc2O)cc(Br)n1. The van der Waals surface area contributed by atoms with Gasteiger partial charge >= 0.3 is 0 Å². The summed E-state index contributed by atoms with van der Waals surface area (Å²) in [6.07, 6.45) is 0. The lowest BCUT2D eigenvalue weighted by atomic mass is 10.1. The molecule has 1 heterocycles. The Balaban J connectivity index is 2.21. The number of aromatic hydroxyl groups is 1. The van der Waals surface area contributed by atoms with Crippen LogP contribution in [0, 0.1) is 0 Å². The number of benzene rings is 1. The zero-order valence-corrected chi connectivity index (χ0v) is 12.3. The van der Waals surface area contributed by atoms with Crippen molar-refractivity contribution in [1.29, 1.82) is 0 Å². The van der Waals surface area contributed by atoms with Crippen LogP contribution in [0.15, 0.2) is 41.0 Å². The van der Waals surface area contributed by atoms with Crippen LogP contribution in [0.3, 0.4) is 0 Å². The van der Waals surface area contributed by atoms with E-state index in [4.69, 9.17) is 4.74 Å². The van der Waals surface area contributed by atoms with E-state index in [-0.39, 0.29) is 11.8 Å². The van der Waals surface area contributed by atoms with Crippen LogP contribution in [0.1, 0.15) is 18.5 Å². The Morgan fingerprint density at radius 3 is 2.74 bits per heavy atom. The third kappa shape index (κ3) is 3.38. The first-order chi connectivity index (χ1) is 9.10. The summed E-state index contributed by atoms with van der Waals surface area (Å²) >= 11 is 3.33. The number of hydrogen-bond donors (Lipinski definition) is 2. The second-order valence-electron chi connectivity index (χ2n) is 4.15. The van der Waals surface area contributed by atoms with E-state index in [1.165, 1.54) is 0 Å². The Kier molecular flexibility index (Phi) is 4.27. The standard InChI is InChI=1S/C14H15BrN2O2/c1-9(11-5-3-4-6-12(11)18)16-10-7-13(15)17-14(8-10)19-2/h3-9,18H,1-2H3,(H,16,17). The minimum atomic E-state index is -0.0276. The fourth-order valence-corrected chi connectivity index (χ4v) is 2.26. The first kappa shape index (κ1) is 13.7. The molecule has 2 N–H and O–H groups in total. The van der Waals surface area contributed by atoms with Crippen molar-refractivity contribution in [1.82, 2.24) is 4.98 Å². The highest BCUT2D eigenvalue weighted by Gasteiger charge is 2.10. The van der Waals surface area contributed by atoms with E-state index in [0.717, 1.165) is 11.3 Å². The zero-order valence-electron chi connectivity index (χ0n) is 10.7. The summed E-state index contributed by atoms with van der Waals surface area (Å²) in [6, 6.07) is 10.9. The molecule has 0 saturated carbocycles. The van der Waals surface area contributed by atoms with E-state index >= 15 is 0 Å². The number of ether oxygens (including phenoxy) is 1. The predicted molar refractivity (Wildman–Crippen MR) is 78.6 cm³/mol. The second kappa shape index (κ2) is 5.93. The number of phenols is 1. The van der Waals surface area contributed by atoms with Gasteiger partial charge in [-0.2, -0.15) is 0 Å². The van der Waals surface area contributed by atoms with Gasteiger partial charge in [-0.1, -0.05) is 18.2 Å². The van der Waals surface area contributed by atoms with Crippen LogP contribution in [0.2, 0.25) is 0 Å². The molecule has 0 fully saturated rings. The molecule has 1 aromatic heterocycles. The first-order valence-electron chi connectivity index (χ1n) is 5.86. The number of hydrogen-bond acceptors (Lipinski definition) is 4. The molecule has 0 aliphatic rings. The molecule has 1 atom stereocenters. The van der Waals surface area contributed by atoms with Crippen LogP contribution in [0.25, 0.3) is 0 Å². The normalized spacial score (nSPS) is 11.9. The van der Waals surface area contributed by atoms with Crippen LogP contribution in [0.4, 0.5) is 5.69 Å². The van der Waals surface area contributed by atoms with E-state index in [1.54, 1.807) is 25.3 Å². The molecular weight excluding hydrogens is 308 g/mol. The van der Waals surface area contributed by atoms with E-state index in [9.17, 15) is 5.11 Å². The fourth-order valence-electron chi connectivity index (χ4n) is 1.84. The topological polar surface area (TPSA) is 54.4 Å². The summed E-state index contributed by atoms with van der Waals surface area (Å²) in [7, 11) is 1.57. The quantitative estimate of drug-likeness (QED) is 0.842. The monoisotopic (exact) mass is 322 g/mol. The zero-order chi connectivity index (χ0) is 13.8. The summed E-state index contributed by atoms with van der Waals surface area (Å²) in [6.45, 7) is 1.98. The van der Waals surface area contributed by atoms with Crippen molar-refractivity contribution in [3.8, 4) is 11.6 Å². The maximum atomic E-state index is 9.83. The van der Waals surface area contributed by atoms with Crippen molar-refractivity contribution in [3.63, 3.8) is 0 Å². The smallest absolute Gasteiger partial charge is 0.216 e. The molecule has 2 rings (SSSR count). The van der Waals surface area contributed by atoms with E-state index < -0.39 is 0 Å². The molecule has 0 radical (unpaired) electrons. The predicted octanol–water partition coefficient (Wildman–Crippen LogP) is 3.73. The minimum absolute atomic E-state index is 0.0276. The average molecular weight is 323 g/mol. The van der Waals surface area contributed by atoms with E-state index in [0.29, 0.717) is 10.5 Å². The Morgan fingerprint density at radius 2 is 2.05 bits per heavy atom. The van der Waals surface area contributed by atoms with Gasteiger partial charge in [0.15, 0.2) is 0 Å². The highest BCUT2D eigenvalue weighted by molar-refractivity contribution is 9.10. The molecule has 2 aromatic rings. The van der Waals surface area contributed by atoms with Crippen LogP contribution >= 0.6 is 15.9 Å². The number of pyridine rings is 1. The van der Waals surface area contributed by atoms with Gasteiger partial charge in [-0.3, -0.25) is 0 Å². The van der Waals surface area contributed by atoms with E-state index in [2.05, 4.69) is 26.2 Å². The number of para-hydroxylation sites is 1. The molecular formula is C14H15BrN2O2. The van der Waals surface area contributed by atoms with Gasteiger partial charge in [-0.15, -0.1) is 0 Å². The van der Waals surface area contributed by atoms with Gasteiger partial charge in [0.25, 0.3) is 0 Å². The van der Waals surface area contributed by atoms with Gasteiger partial charge in [0.2, 0.25) is 5.88 Å². The average Bonchev–Trinajstić information content (AvgIpc) is 2.38. The Hall–Kier alpha value is -1.75. The molecule has 1 unspecified atom stereocenters. The van der Waals surface area contributed by atoms with Gasteiger partial charge in [0.05, 0.1) is 13.2 Å². The summed E-state index contributed by atoms with van der Waals surface area (Å²) < 4.78 is 5.81. The second-order valence-corrected chi connectivity index (χ2v) is 4.96. The largest absolute Gasteiger partial charge is 0.508 e. The number of phenolic OH excluding ortho intramolecular Hbond substituents is 1. The number of rotatable bonds is 4. The highest BCUT2D eigenvalue weighted by Crippen LogP contribution is 2.28. The minimum Gasteiger partial charge on any atom is -0.508 e. The molecule has 0 spiro atoms. The number of halogens is 1. The molecule has 1 aromatic carbocycles. The molecule has 0 bridgehead atoms. The van der Waals surface area contributed by atoms with Crippen molar-refractivity contribution in [3.05, 3.63) is 46.6 Å². The van der Waals surface area contributed by atoms with E-state index in [1.807, 2.05) is 25.1 Å². The highest BCUT2D eigenvalue weighted by atomic mass is 79.9. The van der Waals surface area contributed by atoms with Crippen LogP contribution in [0.5, 0.6) is 11.6 Å². The van der Waals surface area contributed by atoms with Gasteiger partial charge in [0, 0.05) is 17.3 Å². The molecule has 0 aliphatic heterocycles. The molecule has 5 heteroatoms. The molecule has 4 nitrogen and oxygen atoms in total. The van der Waals surface area contributed by atoms with Crippen molar-refractivity contribution in [2.24, 2.45) is 0 Å². The lowest BCUT2D eigenvalue weighted by molar-refractivity contribution is 0.397. The van der Waals surface area contributed by atoms with Gasteiger partial charge in [-0.25, -0.2) is 4.98 Å². The lowest BCUT2D eigenvalue weighted by Crippen LogP contribution is -2.07. The fraction of sp³-hybridized carbons (Fsp3) is 0.214. The number of anilines is 1. The summed E-state index contributed by atoms with van der Waals surface area (Å²) in [4.78, 5) is 4.15. The molecule has 0 saturated heterocycles. The number of nitrogens with zero attached hydrogens (tertiary/aromatic N) is 1. The van der Waals surface area contributed by atoms with Crippen LogP contribution in [-0.4, -0.2) is 17.2 Å². The number of nitrogens with one attached hydrogen (secondary N) is 1. The molecule has 100 valence electrons. The van der Waals surface area contributed by atoms with Crippen molar-refractivity contribution in [2.75, 3.05) is 12.4 Å². The van der Waals surface area contributed by atoms with Gasteiger partial charge in [0.1, 0.15) is 10.4 Å². The van der Waals surface area contributed by atoms with Crippen LogP contribution < -0.4 is 10.1 Å². The van der Waals surface area contributed by atoms with Gasteiger partial charge in [-0.05, 0) is 35.0 Å². The molecule has 0 aliphatic carbocycles. The summed E-state index contributed by atoms with van der Waals surface area (Å²) in [5.41, 5.74) is 1.71. The summed E-state index contributed by atoms with van der Waals surface area (Å²) in [5, 5.41) is 13.1. The maximum absolute atomic E-state index is 9.83. The Bertz CT molecular complexity index is 575. The lowest BCUT2D eigenvalue weighted by Gasteiger charge is -2.17. The molecule has 19 heavy (non-hydrogen) atoms. The van der Waals surface area contributed by atoms with Crippen molar-refractivity contribution < 1.29 is 9.84 Å². The van der Waals surface area contributed by atoms with Crippen molar-refractivity contribution in [2.45, 2.75) is 13.0 Å². The molecule has 0 amide bonds. The maximum Gasteiger partial charge on any atom is 0.216 e. The first-order valence-corrected chi connectivity index (χ1v) is 6.65. The Morgan fingerprint density at radius 1 is 1.32 bits per heavy atom. The van der Waals surface area contributed by atoms with Crippen LogP contribution in [-0.2, 0) is 0 Å². The Labute approximate surface area is 120 Å².